The molecule has 0 amide bonds. The molecule has 0 aliphatic heterocycles. The van der Waals surface area contributed by atoms with E-state index in [4.69, 9.17) is 4.74 Å². The Labute approximate surface area is 118 Å². The predicted octanol–water partition coefficient (Wildman–Crippen LogP) is 4.24. The third-order valence-corrected chi connectivity index (χ3v) is 3.52. The molecule has 108 valence electrons. The van der Waals surface area contributed by atoms with Crippen molar-refractivity contribution in [2.24, 2.45) is 0 Å². The topological polar surface area (TPSA) is 21.3 Å². The minimum absolute atomic E-state index is 0.833. The van der Waals surface area contributed by atoms with Gasteiger partial charge in [0.05, 0.1) is 6.61 Å². The van der Waals surface area contributed by atoms with Crippen molar-refractivity contribution in [3.8, 4) is 5.75 Å². The smallest absolute Gasteiger partial charge is 0.122 e. The van der Waals surface area contributed by atoms with Gasteiger partial charge in [-0.05, 0) is 69.8 Å². The summed E-state index contributed by atoms with van der Waals surface area (Å²) in [6.45, 7) is 9.62. The van der Waals surface area contributed by atoms with Gasteiger partial charge in [-0.2, -0.15) is 0 Å². The molecule has 0 radical (unpaired) electrons. The molecule has 0 aliphatic carbocycles. The number of aryl methyl sites for hydroxylation is 1. The van der Waals surface area contributed by atoms with Crippen molar-refractivity contribution < 1.29 is 4.74 Å². The first-order valence-electron chi connectivity index (χ1n) is 7.65. The number of hydrogen-bond acceptors (Lipinski definition) is 2. The minimum Gasteiger partial charge on any atom is -0.493 e. The Kier molecular flexibility index (Phi) is 8.31. The normalized spacial score (nSPS) is 10.7. The Balaban J connectivity index is 2.03. The molecular weight excluding hydrogens is 234 g/mol. The highest BCUT2D eigenvalue weighted by atomic mass is 16.5. The molecule has 2 nitrogen and oxygen atoms in total. The standard InChI is InChI=1S/C17H29NO/c1-4-5-12-18-13-7-6-8-14-19-17-11-9-10-15(2)16(17)3/h9-11,18H,4-8,12-14H2,1-3H3. The van der Waals surface area contributed by atoms with Crippen LogP contribution in [-0.2, 0) is 0 Å². The monoisotopic (exact) mass is 263 g/mol. The second-order valence-electron chi connectivity index (χ2n) is 5.21. The molecule has 0 aliphatic rings. The maximum absolute atomic E-state index is 5.84. The van der Waals surface area contributed by atoms with E-state index >= 15 is 0 Å². The summed E-state index contributed by atoms with van der Waals surface area (Å²) in [6, 6.07) is 6.26. The van der Waals surface area contributed by atoms with E-state index in [2.05, 4.69) is 44.3 Å². The molecular formula is C17H29NO. The van der Waals surface area contributed by atoms with E-state index in [9.17, 15) is 0 Å². The van der Waals surface area contributed by atoms with Crippen LogP contribution in [0.2, 0.25) is 0 Å². The predicted molar refractivity (Wildman–Crippen MR) is 83.0 cm³/mol. The molecule has 1 rings (SSSR count). The summed E-state index contributed by atoms with van der Waals surface area (Å²) >= 11 is 0. The Bertz CT molecular complexity index is 349. The van der Waals surface area contributed by atoms with Crippen LogP contribution in [0.4, 0.5) is 0 Å². The van der Waals surface area contributed by atoms with Gasteiger partial charge in [-0.25, -0.2) is 0 Å². The first-order valence-corrected chi connectivity index (χ1v) is 7.65. The highest BCUT2D eigenvalue weighted by molar-refractivity contribution is 5.38. The molecule has 1 aromatic rings. The fourth-order valence-electron chi connectivity index (χ4n) is 2.02. The van der Waals surface area contributed by atoms with Gasteiger partial charge in [0.15, 0.2) is 0 Å². The van der Waals surface area contributed by atoms with Crippen molar-refractivity contribution in [2.45, 2.75) is 52.9 Å². The molecule has 0 heterocycles. The zero-order chi connectivity index (χ0) is 13.9. The van der Waals surface area contributed by atoms with E-state index < -0.39 is 0 Å². The van der Waals surface area contributed by atoms with Crippen molar-refractivity contribution in [1.82, 2.24) is 5.32 Å². The summed E-state index contributed by atoms with van der Waals surface area (Å²) in [5.41, 5.74) is 2.57. The van der Waals surface area contributed by atoms with Crippen molar-refractivity contribution in [1.29, 1.82) is 0 Å². The van der Waals surface area contributed by atoms with E-state index in [1.807, 2.05) is 0 Å². The van der Waals surface area contributed by atoms with Gasteiger partial charge in [0.25, 0.3) is 0 Å². The first-order chi connectivity index (χ1) is 9.25. The lowest BCUT2D eigenvalue weighted by Gasteiger charge is -2.10. The van der Waals surface area contributed by atoms with Crippen LogP contribution in [0.5, 0.6) is 5.75 Å². The van der Waals surface area contributed by atoms with Gasteiger partial charge < -0.3 is 10.1 Å². The van der Waals surface area contributed by atoms with Gasteiger partial charge in [-0.1, -0.05) is 25.5 Å². The Morgan fingerprint density at radius 2 is 1.79 bits per heavy atom. The number of nitrogens with one attached hydrogen (secondary N) is 1. The minimum atomic E-state index is 0.833. The van der Waals surface area contributed by atoms with Crippen LogP contribution in [0.1, 0.15) is 50.2 Å². The molecule has 0 aromatic heterocycles. The van der Waals surface area contributed by atoms with Crippen molar-refractivity contribution in [2.75, 3.05) is 19.7 Å². The highest BCUT2D eigenvalue weighted by Crippen LogP contribution is 2.20. The third kappa shape index (κ3) is 6.63. The molecule has 0 fully saturated rings. The van der Waals surface area contributed by atoms with Crippen LogP contribution in [0.25, 0.3) is 0 Å². The second kappa shape index (κ2) is 9.85. The lowest BCUT2D eigenvalue weighted by Crippen LogP contribution is -2.16. The quantitative estimate of drug-likeness (QED) is 0.637. The summed E-state index contributed by atoms with van der Waals surface area (Å²) in [4.78, 5) is 0. The zero-order valence-corrected chi connectivity index (χ0v) is 12.8. The first kappa shape index (κ1) is 16.0. The number of unbranched alkanes of at least 4 members (excludes halogenated alkanes) is 3. The van der Waals surface area contributed by atoms with Crippen molar-refractivity contribution >= 4 is 0 Å². The van der Waals surface area contributed by atoms with Gasteiger partial charge in [0.1, 0.15) is 5.75 Å². The lowest BCUT2D eigenvalue weighted by molar-refractivity contribution is 0.303. The Hall–Kier alpha value is -1.02. The van der Waals surface area contributed by atoms with E-state index in [1.165, 1.54) is 36.8 Å². The van der Waals surface area contributed by atoms with Crippen LogP contribution in [-0.4, -0.2) is 19.7 Å². The van der Waals surface area contributed by atoms with Crippen molar-refractivity contribution in [3.63, 3.8) is 0 Å². The van der Waals surface area contributed by atoms with E-state index in [1.54, 1.807) is 0 Å². The molecule has 0 atom stereocenters. The maximum Gasteiger partial charge on any atom is 0.122 e. The number of benzene rings is 1. The largest absolute Gasteiger partial charge is 0.493 e. The summed E-state index contributed by atoms with van der Waals surface area (Å²) in [5, 5.41) is 3.47. The van der Waals surface area contributed by atoms with Crippen LogP contribution >= 0.6 is 0 Å². The fourth-order valence-corrected chi connectivity index (χ4v) is 2.02. The third-order valence-electron chi connectivity index (χ3n) is 3.52. The SMILES string of the molecule is CCCCNCCCCCOc1cccc(C)c1C. The molecule has 0 unspecified atom stereocenters. The van der Waals surface area contributed by atoms with Gasteiger partial charge in [0.2, 0.25) is 0 Å². The Morgan fingerprint density at radius 1 is 1.00 bits per heavy atom. The molecule has 1 aromatic carbocycles. The second-order valence-corrected chi connectivity index (χ2v) is 5.21. The lowest BCUT2D eigenvalue weighted by atomic mass is 10.1. The maximum atomic E-state index is 5.84. The molecule has 0 bridgehead atoms. The van der Waals surface area contributed by atoms with Gasteiger partial charge in [-0.15, -0.1) is 0 Å². The fraction of sp³-hybridized carbons (Fsp3) is 0.647. The Morgan fingerprint density at radius 3 is 2.58 bits per heavy atom. The van der Waals surface area contributed by atoms with Crippen LogP contribution in [0.15, 0.2) is 18.2 Å². The number of rotatable bonds is 10. The summed E-state index contributed by atoms with van der Waals surface area (Å²) in [5.74, 6) is 1.04. The summed E-state index contributed by atoms with van der Waals surface area (Å²) in [6.07, 6.45) is 6.19. The molecule has 0 saturated carbocycles. The van der Waals surface area contributed by atoms with Crippen LogP contribution in [0, 0.1) is 13.8 Å². The van der Waals surface area contributed by atoms with Crippen LogP contribution < -0.4 is 10.1 Å². The van der Waals surface area contributed by atoms with Crippen LogP contribution in [0.3, 0.4) is 0 Å². The average molecular weight is 263 g/mol. The number of ether oxygens (including phenoxy) is 1. The average Bonchev–Trinajstić information content (AvgIpc) is 2.41. The molecule has 19 heavy (non-hydrogen) atoms. The van der Waals surface area contributed by atoms with E-state index in [0.717, 1.165) is 31.9 Å². The van der Waals surface area contributed by atoms with Gasteiger partial charge in [-0.3, -0.25) is 0 Å². The highest BCUT2D eigenvalue weighted by Gasteiger charge is 2.00. The molecule has 0 saturated heterocycles. The van der Waals surface area contributed by atoms with Crippen molar-refractivity contribution in [3.05, 3.63) is 29.3 Å². The summed E-state index contributed by atoms with van der Waals surface area (Å²) in [7, 11) is 0. The molecule has 0 spiro atoms. The molecule has 1 N–H and O–H groups in total. The van der Waals surface area contributed by atoms with E-state index in [0.29, 0.717) is 0 Å². The molecule has 2 heteroatoms. The van der Waals surface area contributed by atoms with E-state index in [-0.39, 0.29) is 0 Å². The zero-order valence-electron chi connectivity index (χ0n) is 12.8. The van der Waals surface area contributed by atoms with Gasteiger partial charge >= 0.3 is 0 Å². The number of hydrogen-bond donors (Lipinski definition) is 1. The van der Waals surface area contributed by atoms with Gasteiger partial charge in [0, 0.05) is 0 Å². The summed E-state index contributed by atoms with van der Waals surface area (Å²) < 4.78 is 5.84.